The number of hydrogen-bond acceptors (Lipinski definition) is 31. The maximum Gasteiger partial charge on any atom is 0.351 e. The zero-order valence-corrected chi connectivity index (χ0v) is 46.0. The molecule has 1 amide bonds. The van der Waals surface area contributed by atoms with Gasteiger partial charge in [-0.2, -0.15) is 19.9 Å². The summed E-state index contributed by atoms with van der Waals surface area (Å²) in [5, 5.41) is 87.1. The van der Waals surface area contributed by atoms with Crippen molar-refractivity contribution < 1.29 is 74.1 Å². The number of aromatic amines is 2. The Balaban J connectivity index is 0.000000154. The predicted molar refractivity (Wildman–Crippen MR) is 295 cm³/mol. The average Bonchev–Trinajstić information content (AvgIpc) is 2.06. The number of amides is 1. The van der Waals surface area contributed by atoms with Crippen LogP contribution in [-0.2, 0) is 25.7 Å². The van der Waals surface area contributed by atoms with E-state index in [9.17, 15) is 53.9 Å². The highest BCUT2D eigenvalue weighted by molar-refractivity contribution is 8.00. The fourth-order valence-electron chi connectivity index (χ4n) is 8.94. The minimum Gasteiger partial charge on any atom is -0.396 e. The van der Waals surface area contributed by atoms with Gasteiger partial charge in [0.2, 0.25) is 17.7 Å². The molecule has 38 nitrogen and oxygen atoms in total. The summed E-state index contributed by atoms with van der Waals surface area (Å²) in [6, 6.07) is 2.60. The summed E-state index contributed by atoms with van der Waals surface area (Å²) < 4.78 is 41.8. The first kappa shape index (κ1) is 65.3. The van der Waals surface area contributed by atoms with Gasteiger partial charge in [0.05, 0.1) is 64.4 Å². The summed E-state index contributed by atoms with van der Waals surface area (Å²) in [4.78, 5) is 88.3. The molecule has 11 rings (SSSR count). The van der Waals surface area contributed by atoms with Gasteiger partial charge in [0.15, 0.2) is 40.5 Å². The van der Waals surface area contributed by atoms with E-state index in [1.807, 2.05) is 0 Å². The largest absolute Gasteiger partial charge is 0.396 e. The second-order valence-corrected chi connectivity index (χ2v) is 20.3. The van der Waals surface area contributed by atoms with Crippen molar-refractivity contribution in [2.24, 2.45) is 11.7 Å². The van der Waals surface area contributed by atoms with E-state index in [1.54, 1.807) is 16.8 Å². The van der Waals surface area contributed by atoms with Crippen molar-refractivity contribution in [3.63, 3.8) is 0 Å². The number of primary amides is 1. The molecule has 7 aromatic heterocycles. The fraction of sp³-hybridized carbons (Fsp3) is 0.500. The van der Waals surface area contributed by atoms with Crippen LogP contribution < -0.4 is 51.2 Å². The van der Waals surface area contributed by atoms with Crippen molar-refractivity contribution in [1.82, 2.24) is 72.9 Å². The van der Waals surface area contributed by atoms with Crippen molar-refractivity contribution in [3.05, 3.63) is 103 Å². The summed E-state index contributed by atoms with van der Waals surface area (Å²) >= 11 is 1.47. The van der Waals surface area contributed by atoms with Gasteiger partial charge in [-0.15, -0.1) is 16.9 Å². The fourth-order valence-corrected chi connectivity index (χ4v) is 9.87. The molecular weight excluding hydrogens is 1170 g/mol. The third-order valence-corrected chi connectivity index (χ3v) is 14.4. The Hall–Kier alpha value is -8.23. The number of halogens is 1. The van der Waals surface area contributed by atoms with Crippen LogP contribution >= 0.6 is 11.8 Å². The van der Waals surface area contributed by atoms with Crippen LogP contribution in [-0.4, -0.2) is 218 Å². The van der Waals surface area contributed by atoms with Crippen LogP contribution in [0.2, 0.25) is 0 Å². The molecule has 0 spiro atoms. The summed E-state index contributed by atoms with van der Waals surface area (Å²) in [6.45, 7) is 4.12. The van der Waals surface area contributed by atoms with Crippen LogP contribution in [0, 0.1) is 5.92 Å². The number of aliphatic hydroxyl groups excluding tert-OH is 9. The first-order chi connectivity index (χ1) is 40.9. The summed E-state index contributed by atoms with van der Waals surface area (Å²) in [5.41, 5.74) is 24.0. The topological polar surface area (TPSA) is 594 Å². The molecule has 86 heavy (non-hydrogen) atoms. The predicted octanol–water partition coefficient (Wildman–Crippen LogP) is -6.96. The van der Waals surface area contributed by atoms with Crippen LogP contribution in [0.3, 0.4) is 0 Å². The number of aromatic nitrogens is 15. The summed E-state index contributed by atoms with van der Waals surface area (Å²) in [7, 11) is 0. The number of nitrogen functional groups attached to an aromatic ring is 4. The molecule has 0 aromatic carbocycles. The van der Waals surface area contributed by atoms with E-state index in [2.05, 4.69) is 56.5 Å². The first-order valence-electron chi connectivity index (χ1n) is 25.5. The van der Waals surface area contributed by atoms with Gasteiger partial charge in [0, 0.05) is 24.1 Å². The molecule has 21 N–H and O–H groups in total. The van der Waals surface area contributed by atoms with E-state index >= 15 is 0 Å². The van der Waals surface area contributed by atoms with E-state index < -0.39 is 90.8 Å². The lowest BCUT2D eigenvalue weighted by atomic mass is 9.98. The van der Waals surface area contributed by atoms with Crippen molar-refractivity contribution in [2.75, 3.05) is 68.3 Å². The van der Waals surface area contributed by atoms with Gasteiger partial charge in [-0.1, -0.05) is 6.58 Å². The quantitative estimate of drug-likeness (QED) is 0.0377. The number of thioether (sulfide) groups is 1. The number of ether oxygens (including phenoxy) is 4. The lowest BCUT2D eigenvalue weighted by Gasteiger charge is -2.24. The van der Waals surface area contributed by atoms with Gasteiger partial charge in [-0.25, -0.2) is 33.6 Å². The Morgan fingerprint density at radius 1 is 0.779 bits per heavy atom. The average molecular weight is 1240 g/mol. The molecule has 4 aliphatic rings. The van der Waals surface area contributed by atoms with E-state index in [-0.39, 0.29) is 103 Å². The van der Waals surface area contributed by atoms with E-state index in [0.717, 1.165) is 22.5 Å². The number of H-pyrrole nitrogens is 2. The summed E-state index contributed by atoms with van der Waals surface area (Å²) in [5.74, 6) is -0.547. The summed E-state index contributed by atoms with van der Waals surface area (Å²) in [6.07, 6.45) is -2.18. The minimum atomic E-state index is -2.21. The minimum absolute atomic E-state index is 0.00659. The highest BCUT2D eigenvalue weighted by Crippen LogP contribution is 2.41. The highest BCUT2D eigenvalue weighted by atomic mass is 32.2. The molecule has 3 aliphatic heterocycles. The molecular formula is C46H63FN20O18S. The number of hydrogen-bond donors (Lipinski definition) is 16. The standard InChI is InChI=1S/C12H15N5O3.C10H14FN3O4.C8H11N5O3.C8H12N4O5.C8H11N3O3S/c1-5-6(3-18)8(19)2-7(5)17-4-14-9-10(17)15-12(13)16-11(9)20;1-10(11)7(16)5(4-15)18-8(10)14-3-2-6(12)13-9(14)17;9-8-11-6-5(7(15)12-8)10-3-13(6)4-16-2-1-14;9-6(16)7-10-2-12(11-7)8-5(15)4(14)3(1-13)17-8;9-5-1-2-11(8(13)10-5)6-4-15-7(3-12)14-6/h4,6-8,18-19H,1-3H2,(H3,13,15,16,20);2-3,5,7-8,15-16H,4H2,1H3,(H2,12,13,17);3,14H,1-2,4H2,(H3,9,11,12,15);2-5,8,13-15H,1H2,(H2,9,16);1-2,6-7,12H,3-4H2,(H2,9,10,13)/t6-,7-,8-;5-,7-,8-,10-;;3-,4-,5-,8-;6-,7+/m01.10/s1. The third-order valence-electron chi connectivity index (χ3n) is 13.3. The zero-order valence-electron chi connectivity index (χ0n) is 45.2. The van der Waals surface area contributed by atoms with Crippen molar-refractivity contribution >= 4 is 63.5 Å². The molecule has 0 radical (unpaired) electrons. The molecule has 1 aliphatic carbocycles. The number of nitrogens with one attached hydrogen (secondary N) is 2. The van der Waals surface area contributed by atoms with Gasteiger partial charge in [-0.05, 0) is 31.1 Å². The molecule has 10 heterocycles. The molecule has 13 atom stereocenters. The van der Waals surface area contributed by atoms with Crippen LogP contribution in [0.25, 0.3) is 22.3 Å². The SMILES string of the molecule is C=C1[C@H](CO)[C@@H](O)C[C@@H]1n1cnc2c(=O)[nH]c(N)nc21.C[C@@]1(F)[C@H](O)[C@@H](CO)O[C@H]1n1ccc(N)nc1=O.NC(=O)c1ncn([C@@H]2O[C@H](CO)[C@@H](O)[C@H]2O)n1.Nc1ccn([C@@H]2CS[C@H](CO)O2)c(=O)n1.Nc1nc2c(ncn2COCCO)c(=O)[nH]1. The van der Waals surface area contributed by atoms with Gasteiger partial charge in [0.1, 0.15) is 66.9 Å². The van der Waals surface area contributed by atoms with Crippen molar-refractivity contribution in [2.45, 2.75) is 92.5 Å². The molecule has 0 bridgehead atoms. The molecule has 4 fully saturated rings. The molecule has 468 valence electrons. The number of nitrogens with two attached hydrogens (primary N) is 5. The second kappa shape index (κ2) is 28.3. The molecule has 3 saturated heterocycles. The van der Waals surface area contributed by atoms with E-state index in [1.165, 1.54) is 45.8 Å². The molecule has 40 heteroatoms. The van der Waals surface area contributed by atoms with Crippen LogP contribution in [0.4, 0.5) is 27.9 Å². The third kappa shape index (κ3) is 14.5. The number of carbonyl (C=O) groups excluding carboxylic acids is 1. The highest BCUT2D eigenvalue weighted by Gasteiger charge is 2.55. The number of rotatable bonds is 13. The molecule has 1 saturated carbocycles. The number of aliphatic hydroxyl groups is 9. The van der Waals surface area contributed by atoms with Crippen molar-refractivity contribution in [3.8, 4) is 0 Å². The zero-order chi connectivity index (χ0) is 62.9. The Bertz CT molecular complexity index is 3710. The number of carbonyl (C=O) groups is 1. The number of fused-ring (bicyclic) bond motifs is 2. The number of anilines is 4. The number of imidazole rings is 2. The van der Waals surface area contributed by atoms with Gasteiger partial charge >= 0.3 is 11.4 Å². The number of nitrogens with zero attached hydrogens (tertiary/aromatic N) is 13. The maximum absolute atomic E-state index is 14.4. The van der Waals surface area contributed by atoms with Crippen LogP contribution in [0.1, 0.15) is 48.7 Å². The number of alkyl halides is 1. The Morgan fingerprint density at radius 2 is 1.38 bits per heavy atom. The lowest BCUT2D eigenvalue weighted by Crippen LogP contribution is -2.42. The molecule has 7 aromatic rings. The lowest BCUT2D eigenvalue weighted by molar-refractivity contribution is -0.0610. The van der Waals surface area contributed by atoms with Crippen LogP contribution in [0.5, 0.6) is 0 Å². The Morgan fingerprint density at radius 3 is 1.91 bits per heavy atom. The molecule has 0 unspecified atom stereocenters. The smallest absolute Gasteiger partial charge is 0.351 e. The second-order valence-electron chi connectivity index (χ2n) is 19.1. The van der Waals surface area contributed by atoms with Crippen molar-refractivity contribution in [1.29, 1.82) is 0 Å². The van der Waals surface area contributed by atoms with E-state index in [0.29, 0.717) is 29.0 Å². The van der Waals surface area contributed by atoms with Crippen LogP contribution in [0.15, 0.2) is 74.8 Å². The van der Waals surface area contributed by atoms with Gasteiger partial charge < -0.3 is 98.1 Å². The first-order valence-corrected chi connectivity index (χ1v) is 26.6. The Labute approximate surface area is 485 Å². The Kier molecular flexibility index (Phi) is 21.5. The van der Waals surface area contributed by atoms with E-state index in [4.69, 9.17) is 68.0 Å². The normalized spacial score (nSPS) is 26.7. The maximum atomic E-state index is 14.4. The monoisotopic (exact) mass is 1230 g/mol. The van der Waals surface area contributed by atoms with Gasteiger partial charge in [-0.3, -0.25) is 38.1 Å². The van der Waals surface area contributed by atoms with Gasteiger partial charge in [0.25, 0.3) is 17.0 Å².